The molecule has 29 heavy (non-hydrogen) atoms. The first kappa shape index (κ1) is 19.6. The molecule has 2 aromatic rings. The molecule has 2 aliphatic rings. The van der Waals surface area contributed by atoms with Gasteiger partial charge in [0.25, 0.3) is 0 Å². The molecule has 2 bridgehead atoms. The topological polar surface area (TPSA) is 68.2 Å². The summed E-state index contributed by atoms with van der Waals surface area (Å²) in [5.74, 6) is 1.22. The van der Waals surface area contributed by atoms with Gasteiger partial charge >= 0.3 is 6.09 Å². The minimum atomic E-state index is -0.998. The smallest absolute Gasteiger partial charge is 0.410 e. The normalized spacial score (nSPS) is 25.6. The Hall–Kier alpha value is -2.73. The van der Waals surface area contributed by atoms with Crippen molar-refractivity contribution in [3.63, 3.8) is 0 Å². The number of aliphatic hydroxyl groups is 1. The second-order valence-electron chi connectivity index (χ2n) is 7.84. The van der Waals surface area contributed by atoms with E-state index in [-0.39, 0.29) is 24.8 Å². The molecular weight excluding hydrogens is 370 g/mol. The number of nitrogens with zero attached hydrogens (tertiary/aromatic N) is 1. The molecule has 2 aromatic carbocycles. The van der Waals surface area contributed by atoms with Crippen molar-refractivity contribution in [3.05, 3.63) is 59.7 Å². The van der Waals surface area contributed by atoms with Gasteiger partial charge in [-0.15, -0.1) is 0 Å². The van der Waals surface area contributed by atoms with Crippen molar-refractivity contribution in [2.45, 2.75) is 50.0 Å². The van der Waals surface area contributed by atoms with Gasteiger partial charge in [0, 0.05) is 24.9 Å². The summed E-state index contributed by atoms with van der Waals surface area (Å²) < 4.78 is 16.3. The van der Waals surface area contributed by atoms with E-state index >= 15 is 0 Å². The molecule has 2 aliphatic heterocycles. The fourth-order valence-electron chi connectivity index (χ4n) is 4.68. The van der Waals surface area contributed by atoms with Crippen molar-refractivity contribution in [1.82, 2.24) is 4.90 Å². The molecule has 6 heteroatoms. The molecule has 2 atom stereocenters. The van der Waals surface area contributed by atoms with E-state index in [4.69, 9.17) is 14.2 Å². The van der Waals surface area contributed by atoms with Crippen molar-refractivity contribution in [3.8, 4) is 11.5 Å². The number of amides is 1. The average molecular weight is 397 g/mol. The molecule has 2 fully saturated rings. The Balaban J connectivity index is 1.47. The van der Waals surface area contributed by atoms with Gasteiger partial charge in [0.05, 0.1) is 19.8 Å². The van der Waals surface area contributed by atoms with Crippen LogP contribution in [0.5, 0.6) is 11.5 Å². The lowest BCUT2D eigenvalue weighted by molar-refractivity contribution is -0.0538. The summed E-state index contributed by atoms with van der Waals surface area (Å²) in [6.45, 7) is 0.259. The summed E-state index contributed by atoms with van der Waals surface area (Å²) in [6, 6.07) is 15.1. The highest BCUT2D eigenvalue weighted by Gasteiger charge is 2.50. The maximum Gasteiger partial charge on any atom is 0.410 e. The van der Waals surface area contributed by atoms with Crippen LogP contribution in [0.3, 0.4) is 0 Å². The summed E-state index contributed by atoms with van der Waals surface area (Å²) >= 11 is 0. The molecule has 2 heterocycles. The first-order valence-corrected chi connectivity index (χ1v) is 9.98. The summed E-state index contributed by atoms with van der Waals surface area (Å²) in [4.78, 5) is 14.6. The number of hydrogen-bond donors (Lipinski definition) is 1. The minimum Gasteiger partial charge on any atom is -0.493 e. The average Bonchev–Trinajstić information content (AvgIpc) is 3.04. The molecule has 1 N–H and O–H groups in total. The van der Waals surface area contributed by atoms with Crippen LogP contribution in [0.25, 0.3) is 0 Å². The Morgan fingerprint density at radius 2 is 1.69 bits per heavy atom. The Morgan fingerprint density at radius 1 is 1.03 bits per heavy atom. The third-order valence-corrected chi connectivity index (χ3v) is 6.10. The van der Waals surface area contributed by atoms with Gasteiger partial charge in [0.15, 0.2) is 11.5 Å². The second kappa shape index (κ2) is 7.95. The standard InChI is InChI=1S/C23H27NO5/c1-27-20-11-8-17(12-21(20)28-2)23(26)13-18-9-10-19(14-23)24(18)22(25)29-15-16-6-4-3-5-7-16/h3-8,11-12,18-19,26H,9-10,13-15H2,1-2H3. The summed E-state index contributed by atoms with van der Waals surface area (Å²) in [7, 11) is 3.17. The molecule has 0 saturated carbocycles. The predicted molar refractivity (Wildman–Crippen MR) is 108 cm³/mol. The number of rotatable bonds is 5. The van der Waals surface area contributed by atoms with E-state index < -0.39 is 5.60 Å². The van der Waals surface area contributed by atoms with Crippen LogP contribution in [0.4, 0.5) is 4.79 Å². The van der Waals surface area contributed by atoms with Gasteiger partial charge in [-0.2, -0.15) is 0 Å². The Morgan fingerprint density at radius 3 is 2.31 bits per heavy atom. The van der Waals surface area contributed by atoms with Gasteiger partial charge in [0.1, 0.15) is 6.61 Å². The van der Waals surface area contributed by atoms with Gasteiger partial charge in [-0.3, -0.25) is 0 Å². The van der Waals surface area contributed by atoms with Crippen LogP contribution in [0.2, 0.25) is 0 Å². The molecule has 0 aromatic heterocycles. The number of methoxy groups -OCH3 is 2. The highest BCUT2D eigenvalue weighted by atomic mass is 16.6. The number of hydrogen-bond acceptors (Lipinski definition) is 5. The molecule has 2 unspecified atom stereocenters. The minimum absolute atomic E-state index is 0.0323. The lowest BCUT2D eigenvalue weighted by Crippen LogP contribution is -2.52. The molecule has 4 rings (SSSR count). The van der Waals surface area contributed by atoms with Gasteiger partial charge in [-0.05, 0) is 36.1 Å². The lowest BCUT2D eigenvalue weighted by Gasteiger charge is -2.43. The fraction of sp³-hybridized carbons (Fsp3) is 0.435. The first-order chi connectivity index (χ1) is 14.0. The third kappa shape index (κ3) is 3.77. The van der Waals surface area contributed by atoms with E-state index in [0.717, 1.165) is 24.0 Å². The predicted octanol–water partition coefficient (Wildman–Crippen LogP) is 3.86. The number of benzene rings is 2. The Labute approximate surface area is 171 Å². The zero-order chi connectivity index (χ0) is 20.4. The number of carbonyl (C=O) groups excluding carboxylic acids is 1. The quantitative estimate of drug-likeness (QED) is 0.830. The molecule has 1 amide bonds. The summed E-state index contributed by atoms with van der Waals surface area (Å²) in [5.41, 5.74) is 0.762. The van der Waals surface area contributed by atoms with Crippen molar-refractivity contribution >= 4 is 6.09 Å². The molecule has 0 spiro atoms. The highest BCUT2D eigenvalue weighted by molar-refractivity contribution is 5.69. The van der Waals surface area contributed by atoms with Crippen LogP contribution < -0.4 is 9.47 Å². The van der Waals surface area contributed by atoms with Crippen LogP contribution in [-0.4, -0.2) is 42.4 Å². The molecule has 0 aliphatic carbocycles. The van der Waals surface area contributed by atoms with E-state index in [1.165, 1.54) is 0 Å². The van der Waals surface area contributed by atoms with E-state index in [9.17, 15) is 9.90 Å². The number of carbonyl (C=O) groups is 1. The number of fused-ring (bicyclic) bond motifs is 2. The second-order valence-corrected chi connectivity index (χ2v) is 7.84. The maximum atomic E-state index is 12.7. The molecular formula is C23H27NO5. The maximum absolute atomic E-state index is 12.7. The largest absolute Gasteiger partial charge is 0.493 e. The van der Waals surface area contributed by atoms with Crippen molar-refractivity contribution in [2.24, 2.45) is 0 Å². The van der Waals surface area contributed by atoms with Gasteiger partial charge in [-0.1, -0.05) is 36.4 Å². The van der Waals surface area contributed by atoms with Crippen LogP contribution in [0, 0.1) is 0 Å². The zero-order valence-electron chi connectivity index (χ0n) is 16.8. The lowest BCUT2D eigenvalue weighted by atomic mass is 9.80. The molecule has 154 valence electrons. The summed E-state index contributed by atoms with van der Waals surface area (Å²) in [5, 5.41) is 11.4. The van der Waals surface area contributed by atoms with Crippen molar-refractivity contribution in [2.75, 3.05) is 14.2 Å². The van der Waals surface area contributed by atoms with Crippen LogP contribution in [-0.2, 0) is 16.9 Å². The molecule has 0 radical (unpaired) electrons. The molecule has 2 saturated heterocycles. The zero-order valence-corrected chi connectivity index (χ0v) is 16.8. The van der Waals surface area contributed by atoms with E-state index in [1.54, 1.807) is 14.2 Å². The Bertz CT molecular complexity index is 855. The SMILES string of the molecule is COc1ccc(C2(O)CC3CCC(C2)N3C(=O)OCc2ccccc2)cc1OC. The third-order valence-electron chi connectivity index (χ3n) is 6.10. The van der Waals surface area contributed by atoms with Crippen molar-refractivity contribution < 1.29 is 24.1 Å². The monoisotopic (exact) mass is 397 g/mol. The van der Waals surface area contributed by atoms with Crippen molar-refractivity contribution in [1.29, 1.82) is 0 Å². The van der Waals surface area contributed by atoms with Crippen LogP contribution >= 0.6 is 0 Å². The van der Waals surface area contributed by atoms with E-state index in [2.05, 4.69) is 0 Å². The van der Waals surface area contributed by atoms with Crippen LogP contribution in [0.15, 0.2) is 48.5 Å². The van der Waals surface area contributed by atoms with Gasteiger partial charge in [-0.25, -0.2) is 4.79 Å². The molecule has 6 nitrogen and oxygen atoms in total. The van der Waals surface area contributed by atoms with Gasteiger partial charge in [0.2, 0.25) is 0 Å². The number of ether oxygens (including phenoxy) is 3. The first-order valence-electron chi connectivity index (χ1n) is 9.98. The van der Waals surface area contributed by atoms with E-state index in [0.29, 0.717) is 24.3 Å². The van der Waals surface area contributed by atoms with Gasteiger partial charge < -0.3 is 24.2 Å². The summed E-state index contributed by atoms with van der Waals surface area (Å²) in [6.07, 6.45) is 2.43. The number of piperidine rings is 1. The highest BCUT2D eigenvalue weighted by Crippen LogP contribution is 2.47. The Kier molecular flexibility index (Phi) is 5.37. The van der Waals surface area contributed by atoms with Crippen LogP contribution in [0.1, 0.15) is 36.8 Å². The fourth-order valence-corrected chi connectivity index (χ4v) is 4.68. The van der Waals surface area contributed by atoms with E-state index in [1.807, 2.05) is 53.4 Å².